The van der Waals surface area contributed by atoms with Gasteiger partial charge in [0.25, 0.3) is 0 Å². The van der Waals surface area contributed by atoms with Gasteiger partial charge in [0.2, 0.25) is 10.0 Å². The summed E-state index contributed by atoms with van der Waals surface area (Å²) in [5.41, 5.74) is 0.859. The standard InChI is InChI=1S/C17H14F3N3O2S/c1-21-26(24,25)11-9-15-22-16(14-4-2-3-10-23(14)15)12-5-7-13(8-6-12)17(18,19)20/h2-11,21H,1H3/b11-9+. The number of sulfonamides is 1. The SMILES string of the molecule is CNS(=O)(=O)/C=C/c1nc(-c2ccc(C(F)(F)F)cc2)c2ccccn12. The third kappa shape index (κ3) is 3.63. The van der Waals surface area contributed by atoms with Crippen molar-refractivity contribution in [2.45, 2.75) is 6.18 Å². The average Bonchev–Trinajstić information content (AvgIpc) is 2.98. The van der Waals surface area contributed by atoms with Gasteiger partial charge in [-0.15, -0.1) is 0 Å². The molecule has 5 nitrogen and oxygen atoms in total. The summed E-state index contributed by atoms with van der Waals surface area (Å²) in [6, 6.07) is 9.93. The minimum absolute atomic E-state index is 0.342. The Morgan fingerprint density at radius 2 is 1.81 bits per heavy atom. The number of hydrogen-bond acceptors (Lipinski definition) is 3. The molecule has 0 radical (unpaired) electrons. The van der Waals surface area contributed by atoms with Crippen LogP contribution in [-0.2, 0) is 16.2 Å². The number of hydrogen-bond donors (Lipinski definition) is 1. The number of nitrogens with zero attached hydrogens (tertiary/aromatic N) is 2. The van der Waals surface area contributed by atoms with Crippen molar-refractivity contribution in [3.05, 3.63) is 65.5 Å². The van der Waals surface area contributed by atoms with E-state index in [2.05, 4.69) is 9.71 Å². The Labute approximate surface area is 147 Å². The fraction of sp³-hybridized carbons (Fsp3) is 0.118. The lowest BCUT2D eigenvalue weighted by atomic mass is 10.1. The van der Waals surface area contributed by atoms with E-state index in [1.54, 1.807) is 28.8 Å². The molecule has 0 saturated carbocycles. The maximum Gasteiger partial charge on any atom is 0.416 e. The molecule has 0 spiro atoms. The maximum atomic E-state index is 12.7. The van der Waals surface area contributed by atoms with Crippen LogP contribution in [0, 0.1) is 0 Å². The smallest absolute Gasteiger partial charge is 0.300 e. The number of aromatic nitrogens is 2. The Bertz CT molecular complexity index is 1070. The van der Waals surface area contributed by atoms with E-state index in [4.69, 9.17) is 0 Å². The van der Waals surface area contributed by atoms with Crippen molar-refractivity contribution in [1.29, 1.82) is 0 Å². The van der Waals surface area contributed by atoms with E-state index in [-0.39, 0.29) is 0 Å². The molecule has 0 aliphatic carbocycles. The van der Waals surface area contributed by atoms with Crippen molar-refractivity contribution >= 4 is 21.6 Å². The molecule has 0 aliphatic heterocycles. The number of fused-ring (bicyclic) bond motifs is 1. The summed E-state index contributed by atoms with van der Waals surface area (Å²) in [6.45, 7) is 0. The lowest BCUT2D eigenvalue weighted by Crippen LogP contribution is -2.14. The highest BCUT2D eigenvalue weighted by molar-refractivity contribution is 7.92. The second-order valence-corrected chi connectivity index (χ2v) is 7.17. The monoisotopic (exact) mass is 381 g/mol. The molecule has 2 aromatic heterocycles. The van der Waals surface area contributed by atoms with Crippen LogP contribution in [0.1, 0.15) is 11.4 Å². The molecule has 3 aromatic rings. The summed E-state index contributed by atoms with van der Waals surface area (Å²) in [5, 5.41) is 0.977. The first-order valence-corrected chi connectivity index (χ1v) is 9.02. The molecule has 3 rings (SSSR count). The van der Waals surface area contributed by atoms with Crippen molar-refractivity contribution in [2.75, 3.05) is 7.05 Å². The predicted octanol–water partition coefficient (Wildman–Crippen LogP) is 3.54. The maximum absolute atomic E-state index is 12.7. The van der Waals surface area contributed by atoms with Gasteiger partial charge in [0.15, 0.2) is 0 Å². The van der Waals surface area contributed by atoms with Gasteiger partial charge in [0.1, 0.15) is 5.82 Å². The molecular formula is C17H14F3N3O2S. The van der Waals surface area contributed by atoms with E-state index in [0.29, 0.717) is 22.6 Å². The van der Waals surface area contributed by atoms with Crippen molar-refractivity contribution in [2.24, 2.45) is 0 Å². The Hall–Kier alpha value is -2.65. The van der Waals surface area contributed by atoms with Crippen LogP contribution in [0.25, 0.3) is 22.9 Å². The highest BCUT2D eigenvalue weighted by Crippen LogP contribution is 2.32. The third-order valence-electron chi connectivity index (χ3n) is 3.74. The molecule has 0 bridgehead atoms. The van der Waals surface area contributed by atoms with E-state index < -0.39 is 21.8 Å². The first-order chi connectivity index (χ1) is 12.2. The van der Waals surface area contributed by atoms with E-state index in [1.165, 1.54) is 25.3 Å². The Kier molecular flexibility index (Phi) is 4.59. The quantitative estimate of drug-likeness (QED) is 0.752. The largest absolute Gasteiger partial charge is 0.416 e. The molecule has 1 aromatic carbocycles. The lowest BCUT2D eigenvalue weighted by Gasteiger charge is -2.06. The summed E-state index contributed by atoms with van der Waals surface area (Å²) in [5.74, 6) is 0.342. The van der Waals surface area contributed by atoms with Crippen LogP contribution < -0.4 is 4.72 Å². The van der Waals surface area contributed by atoms with Crippen molar-refractivity contribution in [3.8, 4) is 11.3 Å². The van der Waals surface area contributed by atoms with Crippen LogP contribution >= 0.6 is 0 Å². The Balaban J connectivity index is 2.10. The highest BCUT2D eigenvalue weighted by atomic mass is 32.2. The normalized spacial score (nSPS) is 12.9. The summed E-state index contributed by atoms with van der Waals surface area (Å²) in [6.07, 6.45) is -1.39. The second kappa shape index (κ2) is 6.58. The highest BCUT2D eigenvalue weighted by Gasteiger charge is 2.30. The van der Waals surface area contributed by atoms with Gasteiger partial charge >= 0.3 is 6.18 Å². The van der Waals surface area contributed by atoms with Gasteiger partial charge in [-0.1, -0.05) is 18.2 Å². The molecule has 0 amide bonds. The molecule has 0 saturated heterocycles. The Morgan fingerprint density at radius 1 is 1.12 bits per heavy atom. The van der Waals surface area contributed by atoms with E-state index in [0.717, 1.165) is 17.5 Å². The van der Waals surface area contributed by atoms with Gasteiger partial charge in [-0.25, -0.2) is 18.1 Å². The average molecular weight is 381 g/mol. The molecule has 2 heterocycles. The molecule has 136 valence electrons. The fourth-order valence-electron chi connectivity index (χ4n) is 2.43. The number of nitrogens with one attached hydrogen (secondary N) is 1. The predicted molar refractivity (Wildman–Crippen MR) is 92.6 cm³/mol. The third-order valence-corrected chi connectivity index (χ3v) is 4.81. The molecule has 0 unspecified atom stereocenters. The van der Waals surface area contributed by atoms with Crippen LogP contribution in [0.15, 0.2) is 54.1 Å². The zero-order valence-corrected chi connectivity index (χ0v) is 14.3. The summed E-state index contributed by atoms with van der Waals surface area (Å²) < 4.78 is 65.2. The molecule has 1 N–H and O–H groups in total. The van der Waals surface area contributed by atoms with Gasteiger partial charge in [-0.05, 0) is 37.4 Å². The second-order valence-electron chi connectivity index (χ2n) is 5.40. The van der Waals surface area contributed by atoms with Crippen LogP contribution in [0.5, 0.6) is 0 Å². The molecule has 0 atom stereocenters. The zero-order valence-electron chi connectivity index (χ0n) is 13.5. The lowest BCUT2D eigenvalue weighted by molar-refractivity contribution is -0.137. The number of rotatable bonds is 4. The van der Waals surface area contributed by atoms with Crippen LogP contribution in [0.2, 0.25) is 0 Å². The number of alkyl halides is 3. The van der Waals surface area contributed by atoms with Crippen molar-refractivity contribution in [3.63, 3.8) is 0 Å². The fourth-order valence-corrected chi connectivity index (χ4v) is 2.86. The van der Waals surface area contributed by atoms with Gasteiger partial charge in [-0.2, -0.15) is 13.2 Å². The zero-order chi connectivity index (χ0) is 18.9. The van der Waals surface area contributed by atoms with E-state index in [1.807, 2.05) is 0 Å². The topological polar surface area (TPSA) is 63.5 Å². The van der Waals surface area contributed by atoms with Gasteiger partial charge in [0, 0.05) is 17.2 Å². The summed E-state index contributed by atoms with van der Waals surface area (Å²) >= 11 is 0. The van der Waals surface area contributed by atoms with Gasteiger partial charge in [0.05, 0.1) is 16.8 Å². The van der Waals surface area contributed by atoms with Crippen molar-refractivity contribution < 1.29 is 21.6 Å². The summed E-state index contributed by atoms with van der Waals surface area (Å²) in [4.78, 5) is 4.39. The molecule has 9 heteroatoms. The van der Waals surface area contributed by atoms with Crippen LogP contribution in [0.3, 0.4) is 0 Å². The molecule has 26 heavy (non-hydrogen) atoms. The molecule has 0 aliphatic rings. The van der Waals surface area contributed by atoms with Gasteiger partial charge in [-0.3, -0.25) is 4.40 Å². The van der Waals surface area contributed by atoms with Gasteiger partial charge < -0.3 is 0 Å². The van der Waals surface area contributed by atoms with Crippen LogP contribution in [-0.4, -0.2) is 24.9 Å². The minimum Gasteiger partial charge on any atom is -0.300 e. The first kappa shape index (κ1) is 18.2. The summed E-state index contributed by atoms with van der Waals surface area (Å²) in [7, 11) is -2.28. The Morgan fingerprint density at radius 3 is 2.42 bits per heavy atom. The van der Waals surface area contributed by atoms with Crippen molar-refractivity contribution in [1.82, 2.24) is 14.1 Å². The van der Waals surface area contributed by atoms with E-state index in [9.17, 15) is 21.6 Å². The number of benzene rings is 1. The first-order valence-electron chi connectivity index (χ1n) is 7.47. The minimum atomic E-state index is -4.41. The van der Waals surface area contributed by atoms with Crippen LogP contribution in [0.4, 0.5) is 13.2 Å². The number of imidazole rings is 1. The molecular weight excluding hydrogens is 367 g/mol. The number of pyridine rings is 1. The molecule has 0 fully saturated rings. The number of halogens is 3. The van der Waals surface area contributed by atoms with E-state index >= 15 is 0 Å².